The van der Waals surface area contributed by atoms with E-state index in [0.717, 1.165) is 64.8 Å². The van der Waals surface area contributed by atoms with Crippen LogP contribution in [-0.4, -0.2) is 34.0 Å². The van der Waals surface area contributed by atoms with Gasteiger partial charge in [-0.3, -0.25) is 14.8 Å². The third-order valence-electron chi connectivity index (χ3n) is 8.39. The van der Waals surface area contributed by atoms with Gasteiger partial charge < -0.3 is 19.9 Å². The number of carbonyl (C=O) groups excluding carboxylic acids is 2. The molecule has 0 aliphatic carbocycles. The van der Waals surface area contributed by atoms with Crippen molar-refractivity contribution < 1.29 is 29.4 Å². The van der Waals surface area contributed by atoms with E-state index in [1.807, 2.05) is 66.7 Å². The molecule has 9 heteroatoms. The summed E-state index contributed by atoms with van der Waals surface area (Å²) in [7, 11) is 0. The lowest BCUT2D eigenvalue weighted by Crippen LogP contribution is -2.31. The number of aliphatic hydroxyl groups excluding tert-OH is 1. The van der Waals surface area contributed by atoms with Gasteiger partial charge in [-0.05, 0) is 64.9 Å². The number of hydroxylamine groups is 1. The Labute approximate surface area is 286 Å². The second-order valence-electron chi connectivity index (χ2n) is 12.0. The highest BCUT2D eigenvalue weighted by molar-refractivity contribution is 7.99. The van der Waals surface area contributed by atoms with Crippen LogP contribution in [0.2, 0.25) is 0 Å². The highest BCUT2D eigenvalue weighted by Crippen LogP contribution is 2.40. The summed E-state index contributed by atoms with van der Waals surface area (Å²) in [4.78, 5) is 24.7. The van der Waals surface area contributed by atoms with Gasteiger partial charge in [0.2, 0.25) is 11.8 Å². The molecule has 0 spiro atoms. The Balaban J connectivity index is 1.21. The van der Waals surface area contributed by atoms with E-state index in [1.165, 1.54) is 4.90 Å². The predicted octanol–water partition coefficient (Wildman–Crippen LogP) is 7.65. The van der Waals surface area contributed by atoms with Gasteiger partial charge in [-0.1, -0.05) is 91.7 Å². The average Bonchev–Trinajstić information content (AvgIpc) is 3.15. The van der Waals surface area contributed by atoms with E-state index in [4.69, 9.17) is 14.7 Å². The lowest BCUT2D eigenvalue weighted by molar-refractivity contribution is -0.245. The van der Waals surface area contributed by atoms with Crippen molar-refractivity contribution in [3.05, 3.63) is 125 Å². The lowest BCUT2D eigenvalue weighted by atomic mass is 9.99. The molecule has 48 heavy (non-hydrogen) atoms. The standard InChI is InChI=1S/C39H44N2O6S/c42-26-28-18-20-30(21-19-28)36-24-34(27-48-35-14-4-3-5-15-35)46-39(47-36)33-13-9-12-32(23-33)31-11-8-10-29(22-31)25-40-37(43)16-6-1-2-7-17-38(44)41-45/h3-5,8-15,18-23,34,36,39,42,45H,1-2,6-7,16-17,24-27H2,(H,40,43)(H,41,44)/t34-,36+,39+/m0/s1. The van der Waals surface area contributed by atoms with Gasteiger partial charge in [0.05, 0.1) is 18.8 Å². The Morgan fingerprint density at radius 2 is 1.44 bits per heavy atom. The third kappa shape index (κ3) is 10.8. The van der Waals surface area contributed by atoms with Crippen LogP contribution in [0.1, 0.15) is 79.6 Å². The van der Waals surface area contributed by atoms with Crippen LogP contribution >= 0.6 is 11.8 Å². The summed E-state index contributed by atoms with van der Waals surface area (Å²) >= 11 is 1.78. The number of carbonyl (C=O) groups is 2. The normalized spacial score (nSPS) is 17.5. The van der Waals surface area contributed by atoms with Crippen molar-refractivity contribution >= 4 is 23.6 Å². The van der Waals surface area contributed by atoms with Crippen LogP contribution in [-0.2, 0) is 32.2 Å². The van der Waals surface area contributed by atoms with Gasteiger partial charge >= 0.3 is 0 Å². The number of thioether (sulfide) groups is 1. The molecule has 4 aromatic rings. The number of unbranched alkanes of at least 4 members (excludes halogenated alkanes) is 3. The van der Waals surface area contributed by atoms with Gasteiger partial charge in [0.25, 0.3) is 0 Å². The summed E-state index contributed by atoms with van der Waals surface area (Å²) in [6.45, 7) is 0.445. The third-order valence-corrected chi connectivity index (χ3v) is 9.53. The van der Waals surface area contributed by atoms with E-state index in [-0.39, 0.29) is 37.0 Å². The molecule has 1 saturated heterocycles. The van der Waals surface area contributed by atoms with Crippen molar-refractivity contribution in [2.75, 3.05) is 5.75 Å². The number of ether oxygens (including phenoxy) is 2. The highest BCUT2D eigenvalue weighted by atomic mass is 32.2. The molecule has 4 aromatic carbocycles. The molecule has 4 N–H and O–H groups in total. The van der Waals surface area contributed by atoms with E-state index in [2.05, 4.69) is 41.7 Å². The Morgan fingerprint density at radius 1 is 0.729 bits per heavy atom. The first-order chi connectivity index (χ1) is 23.5. The molecule has 3 atom stereocenters. The van der Waals surface area contributed by atoms with Crippen LogP contribution in [0.4, 0.5) is 0 Å². The maximum atomic E-state index is 12.4. The monoisotopic (exact) mass is 668 g/mol. The Bertz CT molecular complexity index is 1600. The topological polar surface area (TPSA) is 117 Å². The first kappa shape index (κ1) is 35.3. The molecular formula is C39H44N2O6S. The maximum Gasteiger partial charge on any atom is 0.243 e. The van der Waals surface area contributed by atoms with Crippen molar-refractivity contribution in [2.24, 2.45) is 0 Å². The van der Waals surface area contributed by atoms with E-state index in [0.29, 0.717) is 19.4 Å². The molecule has 8 nitrogen and oxygen atoms in total. The number of hydrogen-bond donors (Lipinski definition) is 4. The molecule has 5 rings (SSSR count). The molecule has 0 aromatic heterocycles. The van der Waals surface area contributed by atoms with Crippen molar-refractivity contribution in [1.82, 2.24) is 10.8 Å². The van der Waals surface area contributed by atoms with Gasteiger partial charge in [-0.25, -0.2) is 5.48 Å². The minimum atomic E-state index is -0.545. The number of benzene rings is 4. The Kier molecular flexibility index (Phi) is 13.6. The first-order valence-electron chi connectivity index (χ1n) is 16.6. The van der Waals surface area contributed by atoms with Crippen molar-refractivity contribution in [3.8, 4) is 11.1 Å². The molecule has 1 fully saturated rings. The largest absolute Gasteiger partial charge is 0.392 e. The van der Waals surface area contributed by atoms with Crippen LogP contribution in [0.25, 0.3) is 11.1 Å². The van der Waals surface area contributed by atoms with Crippen LogP contribution in [0.15, 0.2) is 108 Å². The molecule has 0 bridgehead atoms. The van der Waals surface area contributed by atoms with Crippen LogP contribution in [0, 0.1) is 0 Å². The summed E-state index contributed by atoms with van der Waals surface area (Å²) in [6, 6.07) is 34.7. The van der Waals surface area contributed by atoms with E-state index >= 15 is 0 Å². The molecule has 0 radical (unpaired) electrons. The lowest BCUT2D eigenvalue weighted by Gasteiger charge is -2.36. The smallest absolute Gasteiger partial charge is 0.243 e. The minimum absolute atomic E-state index is 0.00244. The first-order valence-corrected chi connectivity index (χ1v) is 17.6. The zero-order valence-electron chi connectivity index (χ0n) is 27.1. The fraction of sp³-hybridized carbons (Fsp3) is 0.333. The molecule has 0 saturated carbocycles. The van der Waals surface area contributed by atoms with Gasteiger partial charge in [0, 0.05) is 42.0 Å². The summed E-state index contributed by atoms with van der Waals surface area (Å²) in [5, 5.41) is 21.1. The number of amides is 2. The van der Waals surface area contributed by atoms with Gasteiger partial charge in [-0.15, -0.1) is 11.8 Å². The van der Waals surface area contributed by atoms with E-state index < -0.39 is 6.29 Å². The number of aliphatic hydroxyl groups is 1. The minimum Gasteiger partial charge on any atom is -0.392 e. The van der Waals surface area contributed by atoms with Gasteiger partial charge in [0.1, 0.15) is 0 Å². The summed E-state index contributed by atoms with van der Waals surface area (Å²) in [6.07, 6.45) is 3.87. The number of nitrogens with one attached hydrogen (secondary N) is 2. The zero-order chi connectivity index (χ0) is 33.6. The van der Waals surface area contributed by atoms with Crippen LogP contribution in [0.3, 0.4) is 0 Å². The summed E-state index contributed by atoms with van der Waals surface area (Å²) in [5.41, 5.74) is 7.59. The molecule has 0 unspecified atom stereocenters. The van der Waals surface area contributed by atoms with Crippen LogP contribution < -0.4 is 10.8 Å². The van der Waals surface area contributed by atoms with Gasteiger partial charge in [0.15, 0.2) is 6.29 Å². The molecule has 1 aliphatic rings. The van der Waals surface area contributed by atoms with Crippen molar-refractivity contribution in [1.29, 1.82) is 0 Å². The molecule has 1 aliphatic heterocycles. The zero-order valence-corrected chi connectivity index (χ0v) is 27.9. The van der Waals surface area contributed by atoms with E-state index in [1.54, 1.807) is 17.2 Å². The quantitative estimate of drug-likeness (QED) is 0.0420. The second-order valence-corrected chi connectivity index (χ2v) is 13.1. The molecule has 252 valence electrons. The second kappa shape index (κ2) is 18.5. The Morgan fingerprint density at radius 3 is 2.17 bits per heavy atom. The number of hydrogen-bond acceptors (Lipinski definition) is 7. The average molecular weight is 669 g/mol. The molecule has 1 heterocycles. The maximum absolute atomic E-state index is 12.4. The van der Waals surface area contributed by atoms with E-state index in [9.17, 15) is 14.7 Å². The fourth-order valence-electron chi connectivity index (χ4n) is 5.72. The predicted molar refractivity (Wildman–Crippen MR) is 187 cm³/mol. The SMILES string of the molecule is O=C(CCCCCCC(=O)NCc1cccc(-c2cccc([C@@H]3O[C@H](CSc4ccccc4)C[C@H](c4ccc(CO)cc4)O3)c2)c1)NO. The van der Waals surface area contributed by atoms with Gasteiger partial charge in [-0.2, -0.15) is 0 Å². The van der Waals surface area contributed by atoms with Crippen LogP contribution in [0.5, 0.6) is 0 Å². The number of rotatable bonds is 16. The summed E-state index contributed by atoms with van der Waals surface area (Å²) in [5.74, 6) is 0.420. The van der Waals surface area contributed by atoms with Crippen molar-refractivity contribution in [2.45, 2.75) is 81.5 Å². The summed E-state index contributed by atoms with van der Waals surface area (Å²) < 4.78 is 13.2. The Hall–Kier alpha value is -3.99. The van der Waals surface area contributed by atoms with Crippen molar-refractivity contribution in [3.63, 3.8) is 0 Å². The molecular weight excluding hydrogens is 625 g/mol. The highest BCUT2D eigenvalue weighted by Gasteiger charge is 2.32. The molecule has 2 amide bonds. The fourth-order valence-corrected chi connectivity index (χ4v) is 6.67.